The van der Waals surface area contributed by atoms with Crippen LogP contribution in [0.3, 0.4) is 0 Å². The third-order valence-corrected chi connectivity index (χ3v) is 3.85. The van der Waals surface area contributed by atoms with Crippen molar-refractivity contribution in [3.05, 3.63) is 17.0 Å². The number of rotatable bonds is 0. The third-order valence-electron chi connectivity index (χ3n) is 2.46. The largest absolute Gasteiger partial charge is 0.238 e. The zero-order valence-corrected chi connectivity index (χ0v) is 12.1. The van der Waals surface area contributed by atoms with Crippen LogP contribution in [0, 0.1) is 0 Å². The Bertz CT molecular complexity index is 532. The predicted molar refractivity (Wildman–Crippen MR) is 72.6 cm³/mol. The van der Waals surface area contributed by atoms with Gasteiger partial charge in [-0.25, -0.2) is 15.0 Å². The minimum atomic E-state index is -0.0138. The van der Waals surface area contributed by atoms with Crippen LogP contribution in [0.2, 0.25) is 0 Å². The van der Waals surface area contributed by atoms with Gasteiger partial charge in [0.1, 0.15) is 21.2 Å². The van der Waals surface area contributed by atoms with Crippen LogP contribution >= 0.6 is 11.3 Å². The number of nitrogens with zero attached hydrogens (tertiary/aromatic N) is 3. The molecule has 92 valence electrons. The molecule has 0 atom stereocenters. The molecule has 0 aliphatic carbocycles. The zero-order chi connectivity index (χ0) is 12.8. The summed E-state index contributed by atoms with van der Waals surface area (Å²) in [6.45, 7) is 12.9. The van der Waals surface area contributed by atoms with Crippen molar-refractivity contribution in [2.75, 3.05) is 0 Å². The van der Waals surface area contributed by atoms with Crippen molar-refractivity contribution in [1.82, 2.24) is 15.0 Å². The summed E-state index contributed by atoms with van der Waals surface area (Å²) in [4.78, 5) is 14.6. The quantitative estimate of drug-likeness (QED) is 0.715. The first kappa shape index (κ1) is 12.4. The first-order valence-electron chi connectivity index (χ1n) is 5.82. The van der Waals surface area contributed by atoms with E-state index in [1.807, 2.05) is 6.20 Å². The van der Waals surface area contributed by atoms with Gasteiger partial charge in [-0.3, -0.25) is 0 Å². The first-order valence-corrected chi connectivity index (χ1v) is 6.64. The van der Waals surface area contributed by atoms with Crippen molar-refractivity contribution in [1.29, 1.82) is 0 Å². The molecule has 0 aromatic carbocycles. The molecule has 0 aliphatic heterocycles. The van der Waals surface area contributed by atoms with Gasteiger partial charge in [0.05, 0.1) is 6.20 Å². The Morgan fingerprint density at radius 3 is 2.12 bits per heavy atom. The van der Waals surface area contributed by atoms with Crippen molar-refractivity contribution >= 4 is 21.7 Å². The van der Waals surface area contributed by atoms with E-state index in [9.17, 15) is 0 Å². The molecule has 0 saturated carbocycles. The van der Waals surface area contributed by atoms with Crippen LogP contribution in [0.4, 0.5) is 0 Å². The summed E-state index contributed by atoms with van der Waals surface area (Å²) in [5.41, 5.74) is 0.973. The van der Waals surface area contributed by atoms with Crippen LogP contribution in [0.5, 0.6) is 0 Å². The van der Waals surface area contributed by atoms with E-state index >= 15 is 0 Å². The summed E-state index contributed by atoms with van der Waals surface area (Å²) in [5, 5.41) is 1.12. The van der Waals surface area contributed by atoms with Gasteiger partial charge in [0.15, 0.2) is 0 Å². The number of fused-ring (bicyclic) bond motifs is 1. The van der Waals surface area contributed by atoms with E-state index in [-0.39, 0.29) is 10.8 Å². The highest BCUT2D eigenvalue weighted by atomic mass is 32.1. The van der Waals surface area contributed by atoms with Crippen molar-refractivity contribution in [3.63, 3.8) is 0 Å². The van der Waals surface area contributed by atoms with Crippen LogP contribution in [0.1, 0.15) is 52.4 Å². The molecular formula is C13H19N3S. The van der Waals surface area contributed by atoms with Gasteiger partial charge < -0.3 is 0 Å². The molecule has 0 aliphatic rings. The predicted octanol–water partition coefficient (Wildman–Crippen LogP) is 3.68. The Hall–Kier alpha value is -1.03. The molecule has 0 amide bonds. The Balaban J connectivity index is 2.56. The average Bonchev–Trinajstić information content (AvgIpc) is 2.57. The number of aromatic nitrogens is 3. The van der Waals surface area contributed by atoms with Crippen molar-refractivity contribution in [2.45, 2.75) is 52.4 Å². The second-order valence-corrected chi connectivity index (χ2v) is 7.38. The van der Waals surface area contributed by atoms with Gasteiger partial charge in [-0.05, 0) is 0 Å². The molecule has 0 fully saturated rings. The standard InChI is InChI=1S/C13H19N3S/c1-12(2,3)10-14-7-8-9(16-10)17-11(15-8)13(4,5)6/h7H,1-6H3. The SMILES string of the molecule is CC(C)(C)c1ncc2nc(C(C)(C)C)sc2n1. The van der Waals surface area contributed by atoms with E-state index in [1.54, 1.807) is 11.3 Å². The molecule has 2 heterocycles. The topological polar surface area (TPSA) is 38.7 Å². The smallest absolute Gasteiger partial charge is 0.147 e. The van der Waals surface area contributed by atoms with Crippen LogP contribution in [-0.2, 0) is 10.8 Å². The highest BCUT2D eigenvalue weighted by Crippen LogP contribution is 2.30. The lowest BCUT2D eigenvalue weighted by Crippen LogP contribution is -2.15. The summed E-state index contributed by atoms with van der Waals surface area (Å²) in [7, 11) is 0. The highest BCUT2D eigenvalue weighted by Gasteiger charge is 2.22. The van der Waals surface area contributed by atoms with E-state index in [2.05, 4.69) is 56.5 Å². The Kier molecular flexibility index (Phi) is 2.73. The Morgan fingerprint density at radius 1 is 0.941 bits per heavy atom. The summed E-state index contributed by atoms with van der Waals surface area (Å²) >= 11 is 1.67. The molecule has 2 aromatic rings. The molecule has 4 heteroatoms. The van der Waals surface area contributed by atoms with Gasteiger partial charge in [-0.2, -0.15) is 0 Å². The van der Waals surface area contributed by atoms with Gasteiger partial charge >= 0.3 is 0 Å². The van der Waals surface area contributed by atoms with Gasteiger partial charge in [0.2, 0.25) is 0 Å². The van der Waals surface area contributed by atoms with E-state index in [0.29, 0.717) is 0 Å². The molecular weight excluding hydrogens is 230 g/mol. The monoisotopic (exact) mass is 249 g/mol. The van der Waals surface area contributed by atoms with E-state index in [4.69, 9.17) is 0 Å². The number of hydrogen-bond donors (Lipinski definition) is 0. The van der Waals surface area contributed by atoms with E-state index in [1.165, 1.54) is 0 Å². The summed E-state index contributed by atoms with van der Waals surface area (Å²) < 4.78 is 0. The minimum absolute atomic E-state index is 0.0138. The molecule has 0 unspecified atom stereocenters. The van der Waals surface area contributed by atoms with Gasteiger partial charge in [-0.15, -0.1) is 0 Å². The van der Waals surface area contributed by atoms with Crippen molar-refractivity contribution in [3.8, 4) is 0 Å². The molecule has 17 heavy (non-hydrogen) atoms. The van der Waals surface area contributed by atoms with Crippen molar-refractivity contribution in [2.24, 2.45) is 0 Å². The lowest BCUT2D eigenvalue weighted by Gasteiger charge is -2.15. The van der Waals surface area contributed by atoms with Gasteiger partial charge in [-0.1, -0.05) is 52.9 Å². The van der Waals surface area contributed by atoms with Gasteiger partial charge in [0.25, 0.3) is 0 Å². The van der Waals surface area contributed by atoms with E-state index < -0.39 is 0 Å². The molecule has 0 N–H and O–H groups in total. The summed E-state index contributed by atoms with van der Waals surface area (Å²) in [5.74, 6) is 0.883. The molecule has 0 radical (unpaired) electrons. The highest BCUT2D eigenvalue weighted by molar-refractivity contribution is 7.18. The molecule has 0 saturated heterocycles. The zero-order valence-electron chi connectivity index (χ0n) is 11.3. The van der Waals surface area contributed by atoms with E-state index in [0.717, 1.165) is 21.2 Å². The van der Waals surface area contributed by atoms with Gasteiger partial charge in [0, 0.05) is 10.8 Å². The molecule has 0 spiro atoms. The fourth-order valence-electron chi connectivity index (χ4n) is 1.42. The maximum Gasteiger partial charge on any atom is 0.147 e. The third kappa shape index (κ3) is 2.46. The van der Waals surface area contributed by atoms with Crippen LogP contribution in [0.15, 0.2) is 6.20 Å². The lowest BCUT2D eigenvalue weighted by atomic mass is 9.96. The minimum Gasteiger partial charge on any atom is -0.238 e. The summed E-state index contributed by atoms with van der Waals surface area (Å²) in [6, 6.07) is 0. The number of thiazole rings is 1. The van der Waals surface area contributed by atoms with Crippen LogP contribution < -0.4 is 0 Å². The average molecular weight is 249 g/mol. The molecule has 3 nitrogen and oxygen atoms in total. The van der Waals surface area contributed by atoms with Crippen LogP contribution in [0.25, 0.3) is 10.3 Å². The normalized spacial score (nSPS) is 13.3. The molecule has 0 bridgehead atoms. The second-order valence-electron chi connectivity index (χ2n) is 6.40. The van der Waals surface area contributed by atoms with Crippen molar-refractivity contribution < 1.29 is 0 Å². The molecule has 2 aromatic heterocycles. The first-order chi connectivity index (χ1) is 7.68. The Morgan fingerprint density at radius 2 is 1.59 bits per heavy atom. The number of hydrogen-bond acceptors (Lipinski definition) is 4. The summed E-state index contributed by atoms with van der Waals surface area (Å²) in [6.07, 6.45) is 1.84. The lowest BCUT2D eigenvalue weighted by molar-refractivity contribution is 0.548. The van der Waals surface area contributed by atoms with Crippen LogP contribution in [-0.4, -0.2) is 15.0 Å². The maximum absolute atomic E-state index is 4.63. The fourth-order valence-corrected chi connectivity index (χ4v) is 2.39. The molecule has 2 rings (SSSR count). The Labute approximate surface area is 106 Å². The maximum atomic E-state index is 4.63. The fraction of sp³-hybridized carbons (Fsp3) is 0.615. The second kappa shape index (κ2) is 3.73.